The normalized spacial score (nSPS) is 9.64. The third kappa shape index (κ3) is 2.02. The molecule has 0 unspecified atom stereocenters. The molecule has 0 atom stereocenters. The van der Waals surface area contributed by atoms with Crippen LogP contribution in [0, 0.1) is 0 Å². The van der Waals surface area contributed by atoms with E-state index in [4.69, 9.17) is 0 Å². The molecule has 1 rings (SSSR count). The molecule has 1 aromatic heterocycles. The standard InChI is InChI=1S/C10H14N2O2/c1-4-7-5-6-8(10(13)14-3)12-9(7)11-2/h5-6H,4H2,1-3H3,(H,11,12). The Morgan fingerprint density at radius 3 is 2.79 bits per heavy atom. The number of aryl methyl sites for hydroxylation is 1. The summed E-state index contributed by atoms with van der Waals surface area (Å²) in [6.45, 7) is 2.04. The summed E-state index contributed by atoms with van der Waals surface area (Å²) in [5, 5.41) is 2.95. The highest BCUT2D eigenvalue weighted by Gasteiger charge is 2.09. The highest BCUT2D eigenvalue weighted by Crippen LogP contribution is 2.13. The zero-order chi connectivity index (χ0) is 10.6. The van der Waals surface area contributed by atoms with E-state index in [1.165, 1.54) is 7.11 Å². The second-order valence-corrected chi connectivity index (χ2v) is 2.80. The average molecular weight is 194 g/mol. The lowest BCUT2D eigenvalue weighted by Crippen LogP contribution is -2.07. The van der Waals surface area contributed by atoms with Crippen LogP contribution >= 0.6 is 0 Å². The predicted octanol–water partition coefficient (Wildman–Crippen LogP) is 1.47. The predicted molar refractivity (Wildman–Crippen MR) is 54.5 cm³/mol. The van der Waals surface area contributed by atoms with Gasteiger partial charge < -0.3 is 10.1 Å². The van der Waals surface area contributed by atoms with Crippen LogP contribution in [0.5, 0.6) is 0 Å². The van der Waals surface area contributed by atoms with Crippen molar-refractivity contribution in [3.63, 3.8) is 0 Å². The third-order valence-electron chi connectivity index (χ3n) is 1.99. The van der Waals surface area contributed by atoms with E-state index in [1.807, 2.05) is 13.0 Å². The molecule has 4 heteroatoms. The lowest BCUT2D eigenvalue weighted by atomic mass is 10.2. The minimum Gasteiger partial charge on any atom is -0.464 e. The molecule has 0 radical (unpaired) electrons. The van der Waals surface area contributed by atoms with Gasteiger partial charge in [-0.2, -0.15) is 0 Å². The lowest BCUT2D eigenvalue weighted by molar-refractivity contribution is 0.0594. The molecule has 4 nitrogen and oxygen atoms in total. The zero-order valence-corrected chi connectivity index (χ0v) is 8.63. The first-order valence-corrected chi connectivity index (χ1v) is 4.49. The van der Waals surface area contributed by atoms with Gasteiger partial charge in [-0.3, -0.25) is 0 Å². The summed E-state index contributed by atoms with van der Waals surface area (Å²) in [4.78, 5) is 15.3. The summed E-state index contributed by atoms with van der Waals surface area (Å²) in [5.41, 5.74) is 1.41. The first kappa shape index (κ1) is 10.5. The highest BCUT2D eigenvalue weighted by atomic mass is 16.5. The first-order chi connectivity index (χ1) is 6.72. The number of carbonyl (C=O) groups is 1. The molecule has 1 aromatic rings. The number of nitrogens with one attached hydrogen (secondary N) is 1. The van der Waals surface area contributed by atoms with E-state index >= 15 is 0 Å². The number of esters is 1. The van der Waals surface area contributed by atoms with Gasteiger partial charge in [-0.05, 0) is 18.1 Å². The molecule has 0 bridgehead atoms. The van der Waals surface area contributed by atoms with Crippen LogP contribution in [0.2, 0.25) is 0 Å². The molecule has 0 aromatic carbocycles. The monoisotopic (exact) mass is 194 g/mol. The van der Waals surface area contributed by atoms with Crippen LogP contribution in [0.15, 0.2) is 12.1 Å². The highest BCUT2D eigenvalue weighted by molar-refractivity contribution is 5.87. The topological polar surface area (TPSA) is 51.2 Å². The van der Waals surface area contributed by atoms with Crippen LogP contribution in [0.4, 0.5) is 5.82 Å². The molecule has 0 saturated heterocycles. The van der Waals surface area contributed by atoms with E-state index in [-0.39, 0.29) is 0 Å². The maximum atomic E-state index is 11.2. The van der Waals surface area contributed by atoms with Crippen LogP contribution in [0.3, 0.4) is 0 Å². The molecule has 0 saturated carbocycles. The minimum atomic E-state index is -0.413. The first-order valence-electron chi connectivity index (χ1n) is 4.49. The van der Waals surface area contributed by atoms with Crippen LogP contribution < -0.4 is 5.32 Å². The summed E-state index contributed by atoms with van der Waals surface area (Å²) < 4.78 is 4.58. The van der Waals surface area contributed by atoms with Gasteiger partial charge in [0.15, 0.2) is 5.69 Å². The van der Waals surface area contributed by atoms with E-state index in [0.717, 1.165) is 17.8 Å². The van der Waals surface area contributed by atoms with Crippen molar-refractivity contribution in [1.29, 1.82) is 0 Å². The maximum Gasteiger partial charge on any atom is 0.356 e. The number of aromatic nitrogens is 1. The summed E-state index contributed by atoms with van der Waals surface area (Å²) in [6.07, 6.45) is 0.880. The summed E-state index contributed by atoms with van der Waals surface area (Å²) in [6, 6.07) is 3.55. The fourth-order valence-electron chi connectivity index (χ4n) is 1.21. The number of carbonyl (C=O) groups excluding carboxylic acids is 1. The molecule has 0 fully saturated rings. The zero-order valence-electron chi connectivity index (χ0n) is 8.63. The van der Waals surface area contributed by atoms with Gasteiger partial charge >= 0.3 is 5.97 Å². The lowest BCUT2D eigenvalue weighted by Gasteiger charge is -2.07. The molecule has 0 aliphatic rings. The molecule has 0 aliphatic carbocycles. The Morgan fingerprint density at radius 1 is 1.57 bits per heavy atom. The number of anilines is 1. The molecule has 0 spiro atoms. The number of pyridine rings is 1. The molecular weight excluding hydrogens is 180 g/mol. The Balaban J connectivity index is 3.07. The summed E-state index contributed by atoms with van der Waals surface area (Å²) in [7, 11) is 3.12. The quantitative estimate of drug-likeness (QED) is 0.740. The SMILES string of the molecule is CCc1ccc(C(=O)OC)nc1NC. The number of nitrogens with zero attached hydrogens (tertiary/aromatic N) is 1. The minimum absolute atomic E-state index is 0.328. The van der Waals surface area contributed by atoms with Crippen molar-refractivity contribution in [3.05, 3.63) is 23.4 Å². The van der Waals surface area contributed by atoms with Gasteiger partial charge in [0.05, 0.1) is 7.11 Å². The number of hydrogen-bond acceptors (Lipinski definition) is 4. The van der Waals surface area contributed by atoms with Gasteiger partial charge in [0, 0.05) is 7.05 Å². The van der Waals surface area contributed by atoms with Crippen LogP contribution in [-0.2, 0) is 11.2 Å². The van der Waals surface area contributed by atoms with Gasteiger partial charge in [-0.15, -0.1) is 0 Å². The van der Waals surface area contributed by atoms with Crippen molar-refractivity contribution in [1.82, 2.24) is 4.98 Å². The van der Waals surface area contributed by atoms with Crippen molar-refractivity contribution in [2.75, 3.05) is 19.5 Å². The van der Waals surface area contributed by atoms with Crippen LogP contribution in [0.1, 0.15) is 23.0 Å². The Kier molecular flexibility index (Phi) is 3.45. The van der Waals surface area contributed by atoms with E-state index in [9.17, 15) is 4.79 Å². The smallest absolute Gasteiger partial charge is 0.356 e. The number of methoxy groups -OCH3 is 1. The van der Waals surface area contributed by atoms with Crippen molar-refractivity contribution in [3.8, 4) is 0 Å². The third-order valence-corrected chi connectivity index (χ3v) is 1.99. The van der Waals surface area contributed by atoms with E-state index in [1.54, 1.807) is 13.1 Å². The molecule has 1 N–H and O–H groups in total. The van der Waals surface area contributed by atoms with E-state index < -0.39 is 5.97 Å². The van der Waals surface area contributed by atoms with Crippen molar-refractivity contribution in [2.45, 2.75) is 13.3 Å². The average Bonchev–Trinajstić information content (AvgIpc) is 2.26. The largest absolute Gasteiger partial charge is 0.464 e. The Hall–Kier alpha value is -1.58. The Bertz CT molecular complexity index is 337. The van der Waals surface area contributed by atoms with Crippen molar-refractivity contribution < 1.29 is 9.53 Å². The maximum absolute atomic E-state index is 11.2. The van der Waals surface area contributed by atoms with E-state index in [0.29, 0.717) is 5.69 Å². The van der Waals surface area contributed by atoms with Crippen LogP contribution in [0.25, 0.3) is 0 Å². The fourth-order valence-corrected chi connectivity index (χ4v) is 1.21. The molecular formula is C10H14N2O2. The second kappa shape index (κ2) is 4.60. The Morgan fingerprint density at radius 2 is 2.29 bits per heavy atom. The van der Waals surface area contributed by atoms with Gasteiger partial charge in [0.2, 0.25) is 0 Å². The van der Waals surface area contributed by atoms with Gasteiger partial charge in [-0.1, -0.05) is 13.0 Å². The number of hydrogen-bond donors (Lipinski definition) is 1. The summed E-state index contributed by atoms with van der Waals surface area (Å²) in [5.74, 6) is 0.319. The summed E-state index contributed by atoms with van der Waals surface area (Å²) >= 11 is 0. The Labute approximate surface area is 83.3 Å². The van der Waals surface area contributed by atoms with Crippen molar-refractivity contribution >= 4 is 11.8 Å². The van der Waals surface area contributed by atoms with Gasteiger partial charge in [0.1, 0.15) is 5.82 Å². The van der Waals surface area contributed by atoms with Crippen LogP contribution in [-0.4, -0.2) is 25.1 Å². The number of rotatable bonds is 3. The van der Waals surface area contributed by atoms with Gasteiger partial charge in [0.25, 0.3) is 0 Å². The second-order valence-electron chi connectivity index (χ2n) is 2.80. The van der Waals surface area contributed by atoms with Gasteiger partial charge in [-0.25, -0.2) is 9.78 Å². The molecule has 14 heavy (non-hydrogen) atoms. The van der Waals surface area contributed by atoms with Crippen molar-refractivity contribution in [2.24, 2.45) is 0 Å². The van der Waals surface area contributed by atoms with E-state index in [2.05, 4.69) is 15.0 Å². The molecule has 76 valence electrons. The fraction of sp³-hybridized carbons (Fsp3) is 0.400. The number of ether oxygens (including phenoxy) is 1. The molecule has 1 heterocycles. The molecule has 0 amide bonds. The molecule has 0 aliphatic heterocycles.